The standard InChI is InChI=1S/C13H19ClN2O/c1-13(2,3)16-7-5-11(17)8-10-4-6-15-9-12(10)14/h4,6,9,16H,5,7-8H2,1-3H3. The van der Waals surface area contributed by atoms with Crippen molar-refractivity contribution in [2.24, 2.45) is 0 Å². The highest BCUT2D eigenvalue weighted by Crippen LogP contribution is 2.14. The highest BCUT2D eigenvalue weighted by atomic mass is 35.5. The first-order valence-corrected chi connectivity index (χ1v) is 6.11. The van der Waals surface area contributed by atoms with Crippen molar-refractivity contribution >= 4 is 17.4 Å². The van der Waals surface area contributed by atoms with Gasteiger partial charge in [-0.3, -0.25) is 9.78 Å². The Hall–Kier alpha value is -0.930. The Morgan fingerprint density at radius 3 is 2.76 bits per heavy atom. The molecule has 0 aliphatic heterocycles. The van der Waals surface area contributed by atoms with Gasteiger partial charge in [0.2, 0.25) is 0 Å². The summed E-state index contributed by atoms with van der Waals surface area (Å²) in [5, 5.41) is 3.85. The summed E-state index contributed by atoms with van der Waals surface area (Å²) >= 11 is 5.94. The van der Waals surface area contributed by atoms with Crippen molar-refractivity contribution in [1.82, 2.24) is 10.3 Å². The third-order valence-electron chi connectivity index (χ3n) is 2.30. The quantitative estimate of drug-likeness (QED) is 0.878. The second-order valence-corrected chi connectivity index (χ2v) is 5.52. The lowest BCUT2D eigenvalue weighted by Crippen LogP contribution is -2.37. The SMILES string of the molecule is CC(C)(C)NCCC(=O)Cc1ccncc1Cl. The lowest BCUT2D eigenvalue weighted by molar-refractivity contribution is -0.118. The summed E-state index contributed by atoms with van der Waals surface area (Å²) in [5.74, 6) is 0.190. The van der Waals surface area contributed by atoms with Gasteiger partial charge in [-0.25, -0.2) is 0 Å². The van der Waals surface area contributed by atoms with Crippen molar-refractivity contribution in [3.8, 4) is 0 Å². The van der Waals surface area contributed by atoms with Gasteiger partial charge in [-0.15, -0.1) is 0 Å². The number of ketones is 1. The van der Waals surface area contributed by atoms with E-state index in [1.165, 1.54) is 0 Å². The molecule has 17 heavy (non-hydrogen) atoms. The molecule has 3 nitrogen and oxygen atoms in total. The molecule has 0 saturated carbocycles. The summed E-state index contributed by atoms with van der Waals surface area (Å²) in [5.41, 5.74) is 0.900. The molecule has 0 aromatic carbocycles. The van der Waals surface area contributed by atoms with Crippen LogP contribution in [0, 0.1) is 0 Å². The number of rotatable bonds is 5. The molecule has 1 aromatic rings. The second kappa shape index (κ2) is 6.12. The summed E-state index contributed by atoms with van der Waals surface area (Å²) in [6, 6.07) is 1.79. The second-order valence-electron chi connectivity index (χ2n) is 5.11. The third kappa shape index (κ3) is 5.80. The van der Waals surface area contributed by atoms with Gasteiger partial charge < -0.3 is 5.32 Å². The molecule has 0 bridgehead atoms. The average molecular weight is 255 g/mol. The number of aromatic nitrogens is 1. The van der Waals surface area contributed by atoms with Gasteiger partial charge in [-0.2, -0.15) is 0 Å². The minimum atomic E-state index is 0.0502. The largest absolute Gasteiger partial charge is 0.312 e. The highest BCUT2D eigenvalue weighted by molar-refractivity contribution is 6.31. The van der Waals surface area contributed by atoms with Crippen LogP contribution in [0.15, 0.2) is 18.5 Å². The van der Waals surface area contributed by atoms with E-state index in [-0.39, 0.29) is 11.3 Å². The van der Waals surface area contributed by atoms with Gasteiger partial charge in [0, 0.05) is 37.3 Å². The Balaban J connectivity index is 2.38. The molecule has 0 aliphatic carbocycles. The van der Waals surface area contributed by atoms with Crippen molar-refractivity contribution in [1.29, 1.82) is 0 Å². The Bertz CT molecular complexity index is 385. The topological polar surface area (TPSA) is 42.0 Å². The maximum Gasteiger partial charge on any atom is 0.138 e. The van der Waals surface area contributed by atoms with Crippen molar-refractivity contribution < 1.29 is 4.79 Å². The molecule has 1 aromatic heterocycles. The molecular formula is C13H19ClN2O. The van der Waals surface area contributed by atoms with E-state index in [9.17, 15) is 4.79 Å². The first kappa shape index (κ1) is 14.1. The van der Waals surface area contributed by atoms with E-state index < -0.39 is 0 Å². The number of nitrogens with zero attached hydrogens (tertiary/aromatic N) is 1. The Morgan fingerprint density at radius 1 is 1.47 bits per heavy atom. The number of pyridine rings is 1. The molecule has 4 heteroatoms. The molecule has 0 amide bonds. The molecule has 0 fully saturated rings. The van der Waals surface area contributed by atoms with E-state index in [2.05, 4.69) is 31.1 Å². The maximum atomic E-state index is 11.7. The van der Waals surface area contributed by atoms with Gasteiger partial charge in [-0.1, -0.05) is 11.6 Å². The first-order chi connectivity index (χ1) is 7.88. The molecule has 1 N–H and O–H groups in total. The highest BCUT2D eigenvalue weighted by Gasteiger charge is 2.11. The number of carbonyl (C=O) groups is 1. The molecule has 0 atom stereocenters. The summed E-state index contributed by atoms with van der Waals surface area (Å²) < 4.78 is 0. The molecule has 0 aliphatic rings. The van der Waals surface area contributed by atoms with Crippen LogP contribution < -0.4 is 5.32 Å². The number of carbonyl (C=O) groups excluding carboxylic acids is 1. The van der Waals surface area contributed by atoms with Crippen LogP contribution in [-0.4, -0.2) is 22.9 Å². The van der Waals surface area contributed by atoms with Crippen LogP contribution in [0.25, 0.3) is 0 Å². The normalized spacial score (nSPS) is 11.5. The van der Waals surface area contributed by atoms with Gasteiger partial charge in [-0.05, 0) is 32.4 Å². The van der Waals surface area contributed by atoms with E-state index in [4.69, 9.17) is 11.6 Å². The van der Waals surface area contributed by atoms with Gasteiger partial charge in [0.05, 0.1) is 5.02 Å². The number of hydrogen-bond acceptors (Lipinski definition) is 3. The van der Waals surface area contributed by atoms with Crippen LogP contribution in [-0.2, 0) is 11.2 Å². The van der Waals surface area contributed by atoms with E-state index in [1.54, 1.807) is 18.5 Å². The van der Waals surface area contributed by atoms with Gasteiger partial charge in [0.25, 0.3) is 0 Å². The fourth-order valence-corrected chi connectivity index (χ4v) is 1.61. The zero-order valence-corrected chi connectivity index (χ0v) is 11.3. The number of hydrogen-bond donors (Lipinski definition) is 1. The van der Waals surface area contributed by atoms with E-state index >= 15 is 0 Å². The summed E-state index contributed by atoms with van der Waals surface area (Å²) in [6.07, 6.45) is 4.13. The summed E-state index contributed by atoms with van der Waals surface area (Å²) in [6.45, 7) is 6.94. The molecular weight excluding hydrogens is 236 g/mol. The lowest BCUT2D eigenvalue weighted by atomic mass is 10.1. The Kier molecular flexibility index (Phi) is 5.09. The lowest BCUT2D eigenvalue weighted by Gasteiger charge is -2.20. The van der Waals surface area contributed by atoms with Crippen LogP contribution in [0.3, 0.4) is 0 Å². The first-order valence-electron chi connectivity index (χ1n) is 5.73. The molecule has 94 valence electrons. The molecule has 1 heterocycles. The monoisotopic (exact) mass is 254 g/mol. The van der Waals surface area contributed by atoms with Gasteiger partial charge >= 0.3 is 0 Å². The van der Waals surface area contributed by atoms with Gasteiger partial charge in [0.1, 0.15) is 5.78 Å². The van der Waals surface area contributed by atoms with E-state index in [0.717, 1.165) is 5.56 Å². The summed E-state index contributed by atoms with van der Waals surface area (Å²) in [4.78, 5) is 15.6. The summed E-state index contributed by atoms with van der Waals surface area (Å²) in [7, 11) is 0. The van der Waals surface area contributed by atoms with Crippen LogP contribution in [0.1, 0.15) is 32.8 Å². The smallest absolute Gasteiger partial charge is 0.138 e. The van der Waals surface area contributed by atoms with Crippen LogP contribution in [0.4, 0.5) is 0 Å². The van der Waals surface area contributed by atoms with Gasteiger partial charge in [0.15, 0.2) is 0 Å². The van der Waals surface area contributed by atoms with E-state index in [1.807, 2.05) is 0 Å². The maximum absolute atomic E-state index is 11.7. The Morgan fingerprint density at radius 2 is 2.18 bits per heavy atom. The number of halogens is 1. The predicted octanol–water partition coefficient (Wildman–Crippen LogP) is 2.62. The third-order valence-corrected chi connectivity index (χ3v) is 2.64. The molecule has 0 spiro atoms. The number of Topliss-reactive ketones (excluding diaryl/α,β-unsaturated/α-hetero) is 1. The van der Waals surface area contributed by atoms with Crippen LogP contribution in [0.5, 0.6) is 0 Å². The minimum Gasteiger partial charge on any atom is -0.312 e. The number of nitrogens with one attached hydrogen (secondary N) is 1. The molecule has 0 radical (unpaired) electrons. The molecule has 0 unspecified atom stereocenters. The fourth-order valence-electron chi connectivity index (χ4n) is 1.43. The zero-order chi connectivity index (χ0) is 12.9. The predicted molar refractivity (Wildman–Crippen MR) is 70.3 cm³/mol. The average Bonchev–Trinajstić information content (AvgIpc) is 2.19. The zero-order valence-electron chi connectivity index (χ0n) is 10.6. The van der Waals surface area contributed by atoms with E-state index in [0.29, 0.717) is 24.4 Å². The van der Waals surface area contributed by atoms with Crippen molar-refractivity contribution in [2.75, 3.05) is 6.54 Å². The molecule has 1 rings (SSSR count). The van der Waals surface area contributed by atoms with Crippen molar-refractivity contribution in [2.45, 2.75) is 39.2 Å². The van der Waals surface area contributed by atoms with Crippen LogP contribution in [0.2, 0.25) is 5.02 Å². The molecule has 0 saturated heterocycles. The fraction of sp³-hybridized carbons (Fsp3) is 0.538. The minimum absolute atomic E-state index is 0.0502. The Labute approximate surface area is 108 Å². The van der Waals surface area contributed by atoms with Crippen molar-refractivity contribution in [3.05, 3.63) is 29.0 Å². The van der Waals surface area contributed by atoms with Crippen LogP contribution >= 0.6 is 11.6 Å². The van der Waals surface area contributed by atoms with Crippen molar-refractivity contribution in [3.63, 3.8) is 0 Å².